The van der Waals surface area contributed by atoms with Crippen LogP contribution in [0.3, 0.4) is 0 Å². The molecule has 33 heavy (non-hydrogen) atoms. The quantitative estimate of drug-likeness (QED) is 0.330. The zero-order valence-corrected chi connectivity index (χ0v) is 20.0. The number of rotatable bonds is 10. The van der Waals surface area contributed by atoms with Crippen LogP contribution in [0.1, 0.15) is 24.5 Å². The Balaban J connectivity index is 1.50. The predicted octanol–water partition coefficient (Wildman–Crippen LogP) is 5.01. The molecule has 4 aromatic rings. The number of thiazole rings is 1. The van der Waals surface area contributed by atoms with Crippen LogP contribution in [-0.4, -0.2) is 40.2 Å². The molecule has 0 N–H and O–H groups in total. The Labute approximate surface area is 197 Å². The lowest BCUT2D eigenvalue weighted by molar-refractivity contribution is -0.120. The molecule has 0 aliphatic heterocycles. The highest BCUT2D eigenvalue weighted by molar-refractivity contribution is 7.22. The van der Waals surface area contributed by atoms with Gasteiger partial charge in [-0.1, -0.05) is 17.4 Å². The van der Waals surface area contributed by atoms with Crippen LogP contribution >= 0.6 is 11.3 Å². The number of hydrogen-bond acceptors (Lipinski definition) is 6. The van der Waals surface area contributed by atoms with Crippen LogP contribution in [0.2, 0.25) is 0 Å². The number of carbonyl (C=O) groups is 1. The van der Waals surface area contributed by atoms with Crippen LogP contribution in [0, 0.1) is 13.8 Å². The predicted molar refractivity (Wildman–Crippen MR) is 131 cm³/mol. The van der Waals surface area contributed by atoms with Gasteiger partial charge in [-0.3, -0.25) is 9.69 Å². The monoisotopic (exact) mass is 464 g/mol. The highest BCUT2D eigenvalue weighted by Crippen LogP contribution is 2.32. The summed E-state index contributed by atoms with van der Waals surface area (Å²) in [7, 11) is 0. The zero-order valence-electron chi connectivity index (χ0n) is 19.2. The van der Waals surface area contributed by atoms with Crippen LogP contribution < -0.4 is 14.4 Å². The van der Waals surface area contributed by atoms with E-state index in [0.29, 0.717) is 24.0 Å². The van der Waals surface area contributed by atoms with Gasteiger partial charge in [0.1, 0.15) is 11.5 Å². The summed E-state index contributed by atoms with van der Waals surface area (Å²) in [5, 5.41) is 0.699. The number of imidazole rings is 1. The molecule has 0 bridgehead atoms. The van der Waals surface area contributed by atoms with E-state index >= 15 is 0 Å². The third-order valence-electron chi connectivity index (χ3n) is 5.20. The van der Waals surface area contributed by atoms with E-state index in [-0.39, 0.29) is 12.5 Å². The van der Waals surface area contributed by atoms with Crippen molar-refractivity contribution in [3.63, 3.8) is 0 Å². The van der Waals surface area contributed by atoms with Crippen molar-refractivity contribution in [1.29, 1.82) is 0 Å². The van der Waals surface area contributed by atoms with Gasteiger partial charge in [-0.05, 0) is 68.7 Å². The van der Waals surface area contributed by atoms with Gasteiger partial charge in [0.05, 0.1) is 23.2 Å². The first kappa shape index (κ1) is 22.8. The summed E-state index contributed by atoms with van der Waals surface area (Å²) in [6.45, 7) is 7.94. The molecular formula is C25H28N4O3S. The van der Waals surface area contributed by atoms with Crippen molar-refractivity contribution in [3.05, 3.63) is 66.2 Å². The van der Waals surface area contributed by atoms with E-state index in [4.69, 9.17) is 14.5 Å². The molecule has 0 aliphatic carbocycles. The second-order valence-corrected chi connectivity index (χ2v) is 8.80. The lowest BCUT2D eigenvalue weighted by atomic mass is 10.1. The molecule has 2 aromatic heterocycles. The standard InChI is InChI=1S/C25H28N4O3S/c1-4-31-20-6-8-21(9-7-20)32-16-23(30)29(12-5-11-28-13-10-26-17-28)25-27-22-15-18(2)14-19(3)24(22)33-25/h6-10,13-15,17H,4-5,11-12,16H2,1-3H3. The second-order valence-electron chi connectivity index (χ2n) is 7.82. The van der Waals surface area contributed by atoms with Crippen molar-refractivity contribution in [3.8, 4) is 11.5 Å². The molecule has 172 valence electrons. The van der Waals surface area contributed by atoms with Crippen LogP contribution in [0.15, 0.2) is 55.1 Å². The summed E-state index contributed by atoms with van der Waals surface area (Å²) in [4.78, 5) is 23.8. The van der Waals surface area contributed by atoms with E-state index < -0.39 is 0 Å². The zero-order chi connectivity index (χ0) is 23.2. The number of anilines is 1. The molecule has 7 nitrogen and oxygen atoms in total. The number of aryl methyl sites for hydroxylation is 3. The molecule has 4 rings (SSSR count). The van der Waals surface area contributed by atoms with Gasteiger partial charge < -0.3 is 14.0 Å². The first-order valence-electron chi connectivity index (χ1n) is 11.0. The maximum Gasteiger partial charge on any atom is 0.266 e. The minimum atomic E-state index is -0.122. The van der Waals surface area contributed by atoms with Crippen molar-refractivity contribution >= 4 is 32.6 Å². The highest BCUT2D eigenvalue weighted by Gasteiger charge is 2.21. The number of nitrogens with zero attached hydrogens (tertiary/aromatic N) is 4. The third-order valence-corrected chi connectivity index (χ3v) is 6.42. The number of aromatic nitrogens is 3. The van der Waals surface area contributed by atoms with E-state index in [0.717, 1.165) is 34.5 Å². The van der Waals surface area contributed by atoms with Crippen molar-refractivity contribution in [2.75, 3.05) is 24.7 Å². The minimum Gasteiger partial charge on any atom is -0.494 e. The van der Waals surface area contributed by atoms with E-state index in [2.05, 4.69) is 31.0 Å². The summed E-state index contributed by atoms with van der Waals surface area (Å²) in [5.74, 6) is 1.28. The van der Waals surface area contributed by atoms with E-state index in [9.17, 15) is 4.79 Å². The molecule has 2 aromatic carbocycles. The van der Waals surface area contributed by atoms with E-state index in [1.807, 2.05) is 42.0 Å². The van der Waals surface area contributed by atoms with Crippen LogP contribution in [-0.2, 0) is 11.3 Å². The maximum atomic E-state index is 13.2. The number of fused-ring (bicyclic) bond motifs is 1. The Morgan fingerprint density at radius 3 is 2.58 bits per heavy atom. The van der Waals surface area contributed by atoms with Crippen molar-refractivity contribution < 1.29 is 14.3 Å². The summed E-state index contributed by atoms with van der Waals surface area (Å²) in [6.07, 6.45) is 6.24. The number of amides is 1. The number of hydrogen-bond donors (Lipinski definition) is 0. The Morgan fingerprint density at radius 1 is 1.12 bits per heavy atom. The molecule has 0 atom stereocenters. The molecule has 0 aliphatic rings. The molecule has 0 saturated heterocycles. The lowest BCUT2D eigenvalue weighted by Crippen LogP contribution is -2.36. The summed E-state index contributed by atoms with van der Waals surface area (Å²) in [5.41, 5.74) is 3.26. The molecule has 2 heterocycles. The average Bonchev–Trinajstić information content (AvgIpc) is 3.46. The van der Waals surface area contributed by atoms with Crippen molar-refractivity contribution in [1.82, 2.24) is 14.5 Å². The molecule has 1 amide bonds. The van der Waals surface area contributed by atoms with Gasteiger partial charge in [-0.15, -0.1) is 0 Å². The SMILES string of the molecule is CCOc1ccc(OCC(=O)N(CCCn2ccnc2)c2nc3cc(C)cc(C)c3s2)cc1. The molecule has 8 heteroatoms. The molecule has 0 spiro atoms. The van der Waals surface area contributed by atoms with Crippen molar-refractivity contribution in [2.24, 2.45) is 0 Å². The Morgan fingerprint density at radius 2 is 1.88 bits per heavy atom. The van der Waals surface area contributed by atoms with Crippen LogP contribution in [0.5, 0.6) is 11.5 Å². The highest BCUT2D eigenvalue weighted by atomic mass is 32.1. The first-order chi connectivity index (χ1) is 16.0. The average molecular weight is 465 g/mol. The molecular weight excluding hydrogens is 436 g/mol. The Bertz CT molecular complexity index is 1200. The second kappa shape index (κ2) is 10.5. The fraction of sp³-hybridized carbons (Fsp3) is 0.320. The normalized spacial score (nSPS) is 11.0. The van der Waals surface area contributed by atoms with Crippen LogP contribution in [0.25, 0.3) is 10.2 Å². The van der Waals surface area contributed by atoms with E-state index in [1.54, 1.807) is 28.8 Å². The smallest absolute Gasteiger partial charge is 0.266 e. The third kappa shape index (κ3) is 5.70. The largest absolute Gasteiger partial charge is 0.494 e. The fourth-order valence-electron chi connectivity index (χ4n) is 3.66. The summed E-state index contributed by atoms with van der Waals surface area (Å²) >= 11 is 1.55. The number of ether oxygens (including phenoxy) is 2. The van der Waals surface area contributed by atoms with E-state index in [1.165, 1.54) is 5.56 Å². The van der Waals surface area contributed by atoms with Gasteiger partial charge in [-0.25, -0.2) is 9.97 Å². The maximum absolute atomic E-state index is 13.2. The number of benzene rings is 2. The van der Waals surface area contributed by atoms with Crippen LogP contribution in [0.4, 0.5) is 5.13 Å². The minimum absolute atomic E-state index is 0.0625. The van der Waals surface area contributed by atoms with Gasteiger partial charge in [0, 0.05) is 25.5 Å². The molecule has 0 fully saturated rings. The van der Waals surface area contributed by atoms with Crippen molar-refractivity contribution in [2.45, 2.75) is 33.7 Å². The Hall–Kier alpha value is -3.39. The first-order valence-corrected chi connectivity index (χ1v) is 11.8. The topological polar surface area (TPSA) is 69.5 Å². The van der Waals surface area contributed by atoms with Gasteiger partial charge >= 0.3 is 0 Å². The molecule has 0 saturated carbocycles. The molecule has 0 radical (unpaired) electrons. The lowest BCUT2D eigenvalue weighted by Gasteiger charge is -2.20. The summed E-state index contributed by atoms with van der Waals surface area (Å²) in [6, 6.07) is 11.5. The van der Waals surface area contributed by atoms with Gasteiger partial charge in [0.2, 0.25) is 0 Å². The Kier molecular flexibility index (Phi) is 7.24. The van der Waals surface area contributed by atoms with Gasteiger partial charge in [-0.2, -0.15) is 0 Å². The summed E-state index contributed by atoms with van der Waals surface area (Å²) < 4.78 is 14.4. The fourth-order valence-corrected chi connectivity index (χ4v) is 4.72. The molecule has 0 unspecified atom stereocenters. The van der Waals surface area contributed by atoms with Gasteiger partial charge in [0.15, 0.2) is 11.7 Å². The number of carbonyl (C=O) groups excluding carboxylic acids is 1. The van der Waals surface area contributed by atoms with Gasteiger partial charge in [0.25, 0.3) is 5.91 Å².